The van der Waals surface area contributed by atoms with Gasteiger partial charge in [0, 0.05) is 9.61 Å². The van der Waals surface area contributed by atoms with E-state index in [9.17, 15) is 0 Å². The Morgan fingerprint density at radius 1 is 1.17 bits per heavy atom. The van der Waals surface area contributed by atoms with Crippen molar-refractivity contribution in [2.24, 2.45) is 0 Å². The van der Waals surface area contributed by atoms with Gasteiger partial charge in [0.15, 0.2) is 0 Å². The molecule has 0 heterocycles. The lowest BCUT2D eigenvalue weighted by Gasteiger charge is -2.19. The summed E-state index contributed by atoms with van der Waals surface area (Å²) >= 11 is 2.34. The Morgan fingerprint density at radius 2 is 1.78 bits per heavy atom. The first kappa shape index (κ1) is 15.9. The average Bonchev–Trinajstić information content (AvgIpc) is 2.39. The predicted octanol–water partition coefficient (Wildman–Crippen LogP) is 3.67. The molecule has 0 aliphatic rings. The molecule has 1 aromatic rings. The van der Waals surface area contributed by atoms with Crippen molar-refractivity contribution >= 4 is 22.6 Å². The Hall–Kier alpha value is -0.130. The number of hydrogen-bond donors (Lipinski definition) is 1. The van der Waals surface area contributed by atoms with Gasteiger partial charge in [-0.05, 0) is 79.8 Å². The molecule has 1 rings (SSSR count). The fraction of sp³-hybridized carbons (Fsp3) is 0.600. The number of nitrogens with zero attached hydrogens (tertiary/aromatic N) is 1. The van der Waals surface area contributed by atoms with Crippen LogP contribution in [0.2, 0.25) is 0 Å². The van der Waals surface area contributed by atoms with Crippen LogP contribution in [0.5, 0.6) is 0 Å². The van der Waals surface area contributed by atoms with Gasteiger partial charge in [0.2, 0.25) is 0 Å². The summed E-state index contributed by atoms with van der Waals surface area (Å²) in [6, 6.07) is 9.21. The van der Waals surface area contributed by atoms with E-state index < -0.39 is 0 Å². The zero-order chi connectivity index (χ0) is 13.4. The molecule has 0 aliphatic carbocycles. The van der Waals surface area contributed by atoms with E-state index in [4.69, 9.17) is 0 Å². The van der Waals surface area contributed by atoms with Crippen molar-refractivity contribution in [2.75, 3.05) is 26.2 Å². The Morgan fingerprint density at radius 3 is 2.33 bits per heavy atom. The first-order valence-corrected chi connectivity index (χ1v) is 7.96. The van der Waals surface area contributed by atoms with E-state index in [0.717, 1.165) is 19.6 Å². The summed E-state index contributed by atoms with van der Waals surface area (Å²) in [4.78, 5) is 2.47. The minimum absolute atomic E-state index is 0.443. The van der Waals surface area contributed by atoms with E-state index in [1.807, 2.05) is 0 Å². The fourth-order valence-electron chi connectivity index (χ4n) is 2.03. The first-order valence-electron chi connectivity index (χ1n) is 6.88. The van der Waals surface area contributed by atoms with Crippen LogP contribution in [0, 0.1) is 3.57 Å². The molecule has 0 aliphatic heterocycles. The highest BCUT2D eigenvalue weighted by atomic mass is 127. The van der Waals surface area contributed by atoms with Gasteiger partial charge >= 0.3 is 0 Å². The van der Waals surface area contributed by atoms with Gasteiger partial charge in [-0.15, -0.1) is 0 Å². The van der Waals surface area contributed by atoms with Crippen molar-refractivity contribution in [3.8, 4) is 0 Å². The lowest BCUT2D eigenvalue weighted by Crippen LogP contribution is -2.28. The highest BCUT2D eigenvalue weighted by molar-refractivity contribution is 14.1. The molecule has 0 saturated carbocycles. The topological polar surface area (TPSA) is 15.3 Å². The molecule has 0 saturated heterocycles. The van der Waals surface area contributed by atoms with Gasteiger partial charge in [-0.3, -0.25) is 0 Å². The molecule has 1 atom stereocenters. The van der Waals surface area contributed by atoms with Crippen molar-refractivity contribution in [3.05, 3.63) is 33.4 Å². The van der Waals surface area contributed by atoms with Crippen LogP contribution in [-0.4, -0.2) is 31.1 Å². The minimum atomic E-state index is 0.443. The molecule has 3 heteroatoms. The van der Waals surface area contributed by atoms with E-state index in [-0.39, 0.29) is 0 Å². The van der Waals surface area contributed by atoms with E-state index in [0.29, 0.717) is 6.04 Å². The van der Waals surface area contributed by atoms with Gasteiger partial charge in [-0.1, -0.05) is 26.0 Å². The summed E-state index contributed by atoms with van der Waals surface area (Å²) in [7, 11) is 0. The van der Waals surface area contributed by atoms with Gasteiger partial charge in [0.25, 0.3) is 0 Å². The molecule has 1 N–H and O–H groups in total. The van der Waals surface area contributed by atoms with E-state index >= 15 is 0 Å². The molecule has 102 valence electrons. The average molecular weight is 360 g/mol. The maximum Gasteiger partial charge on any atom is 0.0291 e. The normalized spacial score (nSPS) is 12.9. The summed E-state index contributed by atoms with van der Waals surface area (Å²) in [5.41, 5.74) is 1.37. The molecular formula is C15H25IN2. The number of nitrogens with one attached hydrogen (secondary N) is 1. The molecule has 0 fully saturated rings. The second-order valence-corrected chi connectivity index (χ2v) is 5.85. The van der Waals surface area contributed by atoms with Gasteiger partial charge in [-0.25, -0.2) is 0 Å². The highest BCUT2D eigenvalue weighted by Gasteiger charge is 2.04. The van der Waals surface area contributed by atoms with Crippen molar-refractivity contribution in [1.82, 2.24) is 10.2 Å². The summed E-state index contributed by atoms with van der Waals surface area (Å²) in [6.07, 6.45) is 1.22. The predicted molar refractivity (Wildman–Crippen MR) is 88.0 cm³/mol. The van der Waals surface area contributed by atoms with Gasteiger partial charge in [0.05, 0.1) is 0 Å². The molecule has 2 nitrogen and oxygen atoms in total. The smallest absolute Gasteiger partial charge is 0.0291 e. The Bertz CT molecular complexity index is 320. The summed E-state index contributed by atoms with van der Waals surface area (Å²) in [5, 5.41) is 3.59. The van der Waals surface area contributed by atoms with Crippen molar-refractivity contribution in [1.29, 1.82) is 0 Å². The molecule has 1 aromatic carbocycles. The molecule has 0 aromatic heterocycles. The van der Waals surface area contributed by atoms with Crippen molar-refractivity contribution < 1.29 is 0 Å². The lowest BCUT2D eigenvalue weighted by atomic mass is 10.1. The van der Waals surface area contributed by atoms with Gasteiger partial charge in [0.1, 0.15) is 0 Å². The van der Waals surface area contributed by atoms with E-state index in [1.165, 1.54) is 22.1 Å². The zero-order valence-corrected chi connectivity index (χ0v) is 13.9. The number of hydrogen-bond acceptors (Lipinski definition) is 2. The van der Waals surface area contributed by atoms with Gasteiger partial charge < -0.3 is 10.2 Å². The monoisotopic (exact) mass is 360 g/mol. The third kappa shape index (κ3) is 5.67. The third-order valence-electron chi connectivity index (χ3n) is 3.37. The molecule has 0 spiro atoms. The second kappa shape index (κ2) is 8.88. The summed E-state index contributed by atoms with van der Waals surface area (Å²) in [5.74, 6) is 0. The Labute approximate surface area is 125 Å². The maximum absolute atomic E-state index is 3.59. The van der Waals surface area contributed by atoms with Crippen LogP contribution >= 0.6 is 22.6 Å². The van der Waals surface area contributed by atoms with Crippen LogP contribution in [0.25, 0.3) is 0 Å². The Balaban J connectivity index is 2.25. The van der Waals surface area contributed by atoms with E-state index in [2.05, 4.69) is 77.8 Å². The number of benzene rings is 1. The van der Waals surface area contributed by atoms with Crippen LogP contribution in [0.1, 0.15) is 38.8 Å². The number of halogens is 1. The maximum atomic E-state index is 3.59. The standard InChI is InChI=1S/C15H25IN2/c1-4-18(5-2)12-6-11-17-13(3)14-7-9-15(16)10-8-14/h7-10,13,17H,4-6,11-12H2,1-3H3. The molecule has 1 unspecified atom stereocenters. The minimum Gasteiger partial charge on any atom is -0.310 e. The largest absolute Gasteiger partial charge is 0.310 e. The van der Waals surface area contributed by atoms with E-state index in [1.54, 1.807) is 0 Å². The van der Waals surface area contributed by atoms with Crippen LogP contribution in [0.3, 0.4) is 0 Å². The molecule has 0 bridgehead atoms. The highest BCUT2D eigenvalue weighted by Crippen LogP contribution is 2.14. The second-order valence-electron chi connectivity index (χ2n) is 4.61. The summed E-state index contributed by atoms with van der Waals surface area (Å²) < 4.78 is 1.30. The zero-order valence-electron chi connectivity index (χ0n) is 11.7. The SMILES string of the molecule is CCN(CC)CCCNC(C)c1ccc(I)cc1. The van der Waals surface area contributed by atoms with Crippen LogP contribution < -0.4 is 5.32 Å². The third-order valence-corrected chi connectivity index (χ3v) is 4.09. The van der Waals surface area contributed by atoms with Crippen molar-refractivity contribution in [2.45, 2.75) is 33.2 Å². The first-order chi connectivity index (χ1) is 8.67. The Kier molecular flexibility index (Phi) is 7.86. The molecule has 0 radical (unpaired) electrons. The summed E-state index contributed by atoms with van der Waals surface area (Å²) in [6.45, 7) is 11.3. The van der Waals surface area contributed by atoms with Crippen LogP contribution in [0.4, 0.5) is 0 Å². The van der Waals surface area contributed by atoms with Crippen LogP contribution in [0.15, 0.2) is 24.3 Å². The van der Waals surface area contributed by atoms with Gasteiger partial charge in [-0.2, -0.15) is 0 Å². The molecule has 18 heavy (non-hydrogen) atoms. The van der Waals surface area contributed by atoms with Crippen molar-refractivity contribution in [3.63, 3.8) is 0 Å². The van der Waals surface area contributed by atoms with Crippen LogP contribution in [-0.2, 0) is 0 Å². The quantitative estimate of drug-likeness (QED) is 0.562. The lowest BCUT2D eigenvalue weighted by molar-refractivity contribution is 0.296. The molecular weight excluding hydrogens is 335 g/mol. The fourth-order valence-corrected chi connectivity index (χ4v) is 2.39. The molecule has 0 amide bonds. The number of rotatable bonds is 8.